The molecule has 5 rings (SSSR count). The zero-order valence-electron chi connectivity index (χ0n) is 17.6. The summed E-state index contributed by atoms with van der Waals surface area (Å²) in [6, 6.07) is 15.8. The standard InChI is InChI=1S/C24H24N6O/c1-14-19(16-9-6-10-17(22(25)31)20(16)27-14)23-28-18-11-12-30(2)21(18)24(29-23)26-13-15-7-4-3-5-8-15/h3-10,27H,11-13H2,1-2H3,(H2,25,31)(H,26,28,29). The van der Waals surface area contributed by atoms with Crippen LogP contribution in [0.2, 0.25) is 0 Å². The lowest BCUT2D eigenvalue weighted by Crippen LogP contribution is -2.15. The van der Waals surface area contributed by atoms with Gasteiger partial charge in [0.1, 0.15) is 5.69 Å². The molecule has 0 radical (unpaired) electrons. The van der Waals surface area contributed by atoms with Crippen molar-refractivity contribution in [2.24, 2.45) is 5.73 Å². The van der Waals surface area contributed by atoms with Crippen molar-refractivity contribution < 1.29 is 4.79 Å². The number of primary amides is 1. The first-order chi connectivity index (χ1) is 15.0. The van der Waals surface area contributed by atoms with Gasteiger partial charge in [0.2, 0.25) is 0 Å². The van der Waals surface area contributed by atoms with E-state index in [0.717, 1.165) is 52.3 Å². The molecule has 0 unspecified atom stereocenters. The van der Waals surface area contributed by atoms with Gasteiger partial charge in [-0.1, -0.05) is 42.5 Å². The van der Waals surface area contributed by atoms with E-state index in [9.17, 15) is 4.79 Å². The van der Waals surface area contributed by atoms with Crippen molar-refractivity contribution in [3.05, 3.63) is 71.0 Å². The number of aryl methyl sites for hydroxylation is 1. The minimum absolute atomic E-state index is 0.458. The highest BCUT2D eigenvalue weighted by atomic mass is 16.1. The number of H-pyrrole nitrogens is 1. The molecular formula is C24H24N6O. The number of nitrogens with two attached hydrogens (primary N) is 1. The molecule has 4 aromatic rings. The molecule has 0 aliphatic carbocycles. The van der Waals surface area contributed by atoms with Gasteiger partial charge in [-0.2, -0.15) is 0 Å². The van der Waals surface area contributed by atoms with Crippen LogP contribution < -0.4 is 16.0 Å². The van der Waals surface area contributed by atoms with Gasteiger partial charge in [-0.3, -0.25) is 4.79 Å². The van der Waals surface area contributed by atoms with Gasteiger partial charge >= 0.3 is 0 Å². The Balaban J connectivity index is 1.63. The second-order valence-corrected chi connectivity index (χ2v) is 7.92. The van der Waals surface area contributed by atoms with Crippen LogP contribution in [0.4, 0.5) is 11.5 Å². The van der Waals surface area contributed by atoms with Gasteiger partial charge in [-0.15, -0.1) is 0 Å². The second-order valence-electron chi connectivity index (χ2n) is 7.92. The molecule has 0 atom stereocenters. The molecule has 4 N–H and O–H groups in total. The number of fused-ring (bicyclic) bond motifs is 2. The number of para-hydroxylation sites is 1. The van der Waals surface area contributed by atoms with Crippen LogP contribution in [0.1, 0.15) is 27.3 Å². The summed E-state index contributed by atoms with van der Waals surface area (Å²) in [6.07, 6.45) is 0.870. The summed E-state index contributed by atoms with van der Waals surface area (Å²) in [5.41, 5.74) is 11.8. The third-order valence-electron chi connectivity index (χ3n) is 5.84. The molecule has 7 nitrogen and oxygen atoms in total. The van der Waals surface area contributed by atoms with Crippen molar-refractivity contribution in [2.75, 3.05) is 23.8 Å². The van der Waals surface area contributed by atoms with Crippen LogP contribution in [0.15, 0.2) is 48.5 Å². The van der Waals surface area contributed by atoms with Crippen LogP contribution in [0.5, 0.6) is 0 Å². The lowest BCUT2D eigenvalue weighted by molar-refractivity contribution is 0.100. The molecule has 0 saturated heterocycles. The molecule has 0 spiro atoms. The zero-order chi connectivity index (χ0) is 21.5. The zero-order valence-corrected chi connectivity index (χ0v) is 17.6. The quantitative estimate of drug-likeness (QED) is 0.465. The highest BCUT2D eigenvalue weighted by molar-refractivity contribution is 6.09. The fourth-order valence-corrected chi connectivity index (χ4v) is 4.32. The van der Waals surface area contributed by atoms with Crippen molar-refractivity contribution in [2.45, 2.75) is 19.9 Å². The predicted molar refractivity (Wildman–Crippen MR) is 123 cm³/mol. The lowest BCUT2D eigenvalue weighted by Gasteiger charge is -2.18. The molecular weight excluding hydrogens is 388 g/mol. The molecule has 1 aliphatic rings. The summed E-state index contributed by atoms with van der Waals surface area (Å²) in [7, 11) is 2.07. The molecule has 0 saturated carbocycles. The fourth-order valence-electron chi connectivity index (χ4n) is 4.32. The van der Waals surface area contributed by atoms with Gasteiger partial charge in [0.05, 0.1) is 16.8 Å². The average molecular weight is 412 g/mol. The smallest absolute Gasteiger partial charge is 0.250 e. The topological polar surface area (TPSA) is 99.9 Å². The highest BCUT2D eigenvalue weighted by Crippen LogP contribution is 2.37. The highest BCUT2D eigenvalue weighted by Gasteiger charge is 2.26. The Labute approximate surface area is 180 Å². The summed E-state index contributed by atoms with van der Waals surface area (Å²) in [5.74, 6) is 1.01. The van der Waals surface area contributed by atoms with Crippen molar-refractivity contribution in [3.8, 4) is 11.4 Å². The van der Waals surface area contributed by atoms with Gasteiger partial charge < -0.3 is 20.9 Å². The number of aromatic amines is 1. The summed E-state index contributed by atoms with van der Waals surface area (Å²) in [5, 5.41) is 4.41. The maximum absolute atomic E-state index is 11.9. The van der Waals surface area contributed by atoms with Gasteiger partial charge in [-0.25, -0.2) is 9.97 Å². The van der Waals surface area contributed by atoms with Crippen molar-refractivity contribution in [3.63, 3.8) is 0 Å². The third kappa shape index (κ3) is 3.28. The normalized spacial score (nSPS) is 12.9. The Morgan fingerprint density at radius 3 is 2.74 bits per heavy atom. The first-order valence-corrected chi connectivity index (χ1v) is 10.3. The number of hydrogen-bond acceptors (Lipinski definition) is 5. The van der Waals surface area contributed by atoms with E-state index < -0.39 is 5.91 Å². The molecule has 1 aliphatic heterocycles. The van der Waals surface area contributed by atoms with Crippen LogP contribution in [0, 0.1) is 6.92 Å². The number of likely N-dealkylation sites (N-methyl/N-ethyl adjacent to an activating group) is 1. The number of nitrogens with one attached hydrogen (secondary N) is 2. The number of hydrogen-bond donors (Lipinski definition) is 3. The summed E-state index contributed by atoms with van der Waals surface area (Å²) >= 11 is 0. The monoisotopic (exact) mass is 412 g/mol. The Morgan fingerprint density at radius 1 is 1.16 bits per heavy atom. The lowest BCUT2D eigenvalue weighted by atomic mass is 10.1. The number of nitrogens with zero attached hydrogens (tertiary/aromatic N) is 3. The van der Waals surface area contributed by atoms with E-state index in [1.807, 2.05) is 37.3 Å². The Kier molecular flexibility index (Phi) is 4.58. The van der Waals surface area contributed by atoms with E-state index in [-0.39, 0.29) is 0 Å². The number of benzene rings is 2. The number of carbonyl (C=O) groups is 1. The Bertz CT molecular complexity index is 1290. The number of aromatic nitrogens is 3. The molecule has 2 aromatic heterocycles. The number of anilines is 2. The average Bonchev–Trinajstić information content (AvgIpc) is 3.31. The minimum atomic E-state index is -0.458. The Morgan fingerprint density at radius 2 is 1.97 bits per heavy atom. The van der Waals surface area contributed by atoms with E-state index >= 15 is 0 Å². The summed E-state index contributed by atoms with van der Waals surface area (Å²) < 4.78 is 0. The molecule has 3 heterocycles. The minimum Gasteiger partial charge on any atom is -0.370 e. The van der Waals surface area contributed by atoms with Crippen LogP contribution in [-0.2, 0) is 13.0 Å². The number of rotatable bonds is 5. The van der Waals surface area contributed by atoms with Crippen molar-refractivity contribution in [1.82, 2.24) is 15.0 Å². The van der Waals surface area contributed by atoms with Crippen LogP contribution >= 0.6 is 0 Å². The summed E-state index contributed by atoms with van der Waals surface area (Å²) in [6.45, 7) is 3.56. The second kappa shape index (κ2) is 7.43. The fraction of sp³-hybridized carbons (Fsp3) is 0.208. The molecule has 0 bridgehead atoms. The molecule has 156 valence electrons. The van der Waals surface area contributed by atoms with Gasteiger partial charge in [-0.05, 0) is 18.6 Å². The number of amides is 1. The number of carbonyl (C=O) groups excluding carboxylic acids is 1. The van der Waals surface area contributed by atoms with Crippen LogP contribution in [-0.4, -0.2) is 34.5 Å². The van der Waals surface area contributed by atoms with Gasteiger partial charge in [0.25, 0.3) is 5.91 Å². The Hall–Kier alpha value is -3.87. The van der Waals surface area contributed by atoms with E-state index in [0.29, 0.717) is 17.9 Å². The van der Waals surface area contributed by atoms with E-state index in [1.165, 1.54) is 5.56 Å². The maximum Gasteiger partial charge on any atom is 0.250 e. The van der Waals surface area contributed by atoms with Gasteiger partial charge in [0, 0.05) is 43.2 Å². The van der Waals surface area contributed by atoms with E-state index in [4.69, 9.17) is 15.7 Å². The van der Waals surface area contributed by atoms with Crippen molar-refractivity contribution in [1.29, 1.82) is 0 Å². The van der Waals surface area contributed by atoms with Gasteiger partial charge in [0.15, 0.2) is 11.6 Å². The SMILES string of the molecule is Cc1[nH]c2c(C(N)=O)cccc2c1-c1nc2c(c(NCc3ccccc3)n1)N(C)CC2. The largest absolute Gasteiger partial charge is 0.370 e. The maximum atomic E-state index is 11.9. The first kappa shape index (κ1) is 19.1. The van der Waals surface area contributed by atoms with E-state index in [1.54, 1.807) is 6.07 Å². The molecule has 31 heavy (non-hydrogen) atoms. The van der Waals surface area contributed by atoms with Crippen LogP contribution in [0.3, 0.4) is 0 Å². The van der Waals surface area contributed by atoms with Crippen LogP contribution in [0.25, 0.3) is 22.3 Å². The molecule has 0 fully saturated rings. The molecule has 7 heteroatoms. The van der Waals surface area contributed by atoms with Crippen molar-refractivity contribution >= 4 is 28.3 Å². The predicted octanol–water partition coefficient (Wildman–Crippen LogP) is 3.64. The molecule has 2 aromatic carbocycles. The summed E-state index contributed by atoms with van der Waals surface area (Å²) in [4.78, 5) is 27.3. The van der Waals surface area contributed by atoms with E-state index in [2.05, 4.69) is 34.4 Å². The molecule has 1 amide bonds. The third-order valence-corrected chi connectivity index (χ3v) is 5.84. The first-order valence-electron chi connectivity index (χ1n) is 10.3.